The second-order valence-corrected chi connectivity index (χ2v) is 15.0. The van der Waals surface area contributed by atoms with E-state index < -0.39 is 107 Å². The topological polar surface area (TPSA) is 387 Å². The Balaban J connectivity index is 1.42. The Bertz CT molecular complexity index is 2040. The van der Waals surface area contributed by atoms with E-state index in [9.17, 15) is 53.4 Å². The Hall–Kier alpha value is -4.17. The van der Waals surface area contributed by atoms with E-state index in [1.165, 1.54) is 23.9 Å². The van der Waals surface area contributed by atoms with Crippen molar-refractivity contribution in [2.24, 2.45) is 5.92 Å². The zero-order chi connectivity index (χ0) is 39.5. The summed E-state index contributed by atoms with van der Waals surface area (Å²) in [5.74, 6) is -5.35. The first kappa shape index (κ1) is 41.0. The van der Waals surface area contributed by atoms with Gasteiger partial charge in [-0.15, -0.1) is 0 Å². The highest BCUT2D eigenvalue weighted by atomic mass is 31.2. The van der Waals surface area contributed by atoms with Crippen molar-refractivity contribution in [3.8, 4) is 0 Å². The van der Waals surface area contributed by atoms with Crippen LogP contribution in [0.25, 0.3) is 11.2 Å². The average Bonchev–Trinajstić information content (AvgIpc) is 3.76. The number of fused-ring (bicyclic) bond motifs is 1. The molecule has 3 aromatic rings. The minimum Gasteiger partial charge on any atom is -0.481 e. The van der Waals surface area contributed by atoms with Crippen LogP contribution in [-0.2, 0) is 46.5 Å². The van der Waals surface area contributed by atoms with E-state index in [0.717, 1.165) is 10.9 Å². The number of hydrogen-bond donors (Lipinski definition) is 9. The summed E-state index contributed by atoms with van der Waals surface area (Å²) < 4.78 is 62.1. The van der Waals surface area contributed by atoms with E-state index in [1.54, 1.807) is 0 Å². The highest BCUT2D eigenvalue weighted by Crippen LogP contribution is 2.51. The van der Waals surface area contributed by atoms with E-state index in [4.69, 9.17) is 34.7 Å². The number of nitrogens with two attached hydrogens (primary N) is 2. The van der Waals surface area contributed by atoms with E-state index in [2.05, 4.69) is 29.5 Å². The molecule has 3 aromatic heterocycles. The molecule has 0 aromatic carbocycles. The number of aliphatic hydroxyl groups is 1. The molecule has 2 aliphatic rings. The molecule has 54 heavy (non-hydrogen) atoms. The monoisotopic (exact) mass is 809 g/mol. The Morgan fingerprint density at radius 2 is 1.80 bits per heavy atom. The van der Waals surface area contributed by atoms with Crippen molar-refractivity contribution in [1.29, 1.82) is 0 Å². The first-order chi connectivity index (χ1) is 25.4. The molecule has 26 nitrogen and oxygen atoms in total. The van der Waals surface area contributed by atoms with Crippen LogP contribution >= 0.6 is 15.6 Å². The lowest BCUT2D eigenvalue weighted by Gasteiger charge is -2.29. The fourth-order valence-corrected chi connectivity index (χ4v) is 7.72. The molecule has 0 unspecified atom stereocenters. The number of nitrogens with one attached hydrogen (secondary N) is 2. The van der Waals surface area contributed by atoms with Crippen LogP contribution in [0, 0.1) is 5.92 Å². The summed E-state index contributed by atoms with van der Waals surface area (Å²) in [4.78, 5) is 80.5. The van der Waals surface area contributed by atoms with Crippen LogP contribution in [0.15, 0.2) is 28.2 Å². The van der Waals surface area contributed by atoms with Crippen molar-refractivity contribution in [3.63, 3.8) is 0 Å². The van der Waals surface area contributed by atoms with Gasteiger partial charge in [-0.3, -0.25) is 42.1 Å². The smallest absolute Gasteiger partial charge is 0.469 e. The lowest BCUT2D eigenvalue weighted by molar-refractivity contribution is -0.154. The first-order valence-electron chi connectivity index (χ1n) is 15.8. The minimum atomic E-state index is -5.13. The Labute approximate surface area is 302 Å². The number of anilines is 2. The van der Waals surface area contributed by atoms with Crippen LogP contribution in [0.1, 0.15) is 31.7 Å². The van der Waals surface area contributed by atoms with Crippen LogP contribution in [0.2, 0.25) is 0 Å². The van der Waals surface area contributed by atoms with Crippen LogP contribution < -0.4 is 27.8 Å². The number of hydrogen-bond acceptors (Lipinski definition) is 18. The summed E-state index contributed by atoms with van der Waals surface area (Å²) in [5, 5.41) is 31.7. The van der Waals surface area contributed by atoms with Crippen LogP contribution in [0.3, 0.4) is 0 Å². The largest absolute Gasteiger partial charge is 0.481 e. The highest BCUT2D eigenvalue weighted by molar-refractivity contribution is 7.51. The Morgan fingerprint density at radius 1 is 1.07 bits per heavy atom. The number of ether oxygens (including phenoxy) is 3. The van der Waals surface area contributed by atoms with Gasteiger partial charge in [-0.2, -0.15) is 9.97 Å². The van der Waals surface area contributed by atoms with Crippen LogP contribution in [-0.4, -0.2) is 124 Å². The molecule has 0 radical (unpaired) electrons. The number of carboxylic acids is 2. The molecule has 5 heterocycles. The molecular weight excluding hydrogens is 772 g/mol. The molecule has 0 aliphatic carbocycles. The molecule has 2 fully saturated rings. The molecular formula is C26H37N9O17P2. The molecule has 8 atom stereocenters. The number of aliphatic hydroxyl groups excluding tert-OH is 1. The molecule has 11 N–H and O–H groups in total. The summed E-state index contributed by atoms with van der Waals surface area (Å²) in [6.45, 7) is -1.80. The number of carboxylic acid groups (broad SMARTS) is 2. The number of phosphoric acid groups is 1. The van der Waals surface area contributed by atoms with Gasteiger partial charge in [-0.25, -0.2) is 24.0 Å². The maximum atomic E-state index is 14.5. The van der Waals surface area contributed by atoms with Gasteiger partial charge in [0.1, 0.15) is 30.2 Å². The molecule has 298 valence electrons. The number of methoxy groups -OCH3 is 1. The molecule has 0 saturated carbocycles. The Morgan fingerprint density at radius 3 is 2.44 bits per heavy atom. The quantitative estimate of drug-likeness (QED) is 0.0376. The van der Waals surface area contributed by atoms with Gasteiger partial charge in [0.25, 0.3) is 5.56 Å². The van der Waals surface area contributed by atoms with Gasteiger partial charge < -0.3 is 50.8 Å². The van der Waals surface area contributed by atoms with Gasteiger partial charge in [-0.1, -0.05) is 0 Å². The van der Waals surface area contributed by atoms with Crippen molar-refractivity contribution in [2.75, 3.05) is 38.3 Å². The normalized spacial score (nSPS) is 25.7. The third-order valence-electron chi connectivity index (χ3n) is 8.24. The fraction of sp³-hybridized carbons (Fsp3) is 0.577. The summed E-state index contributed by atoms with van der Waals surface area (Å²) in [5.41, 5.74) is 9.48. The number of rotatable bonds is 18. The van der Waals surface area contributed by atoms with Crippen molar-refractivity contribution in [3.05, 3.63) is 39.4 Å². The fourth-order valence-electron chi connectivity index (χ4n) is 5.78. The SMILES string of the molecule is CO[C@@H]1[C@H](O[P@](=O)(NCCCC(C(=O)O)C(=O)O)OC[C@@H]2C[C@@H](O)[C@H](n3ccc(N)nc3=O)O2)[C@@H](COP(=O)(O)O)O[C@H]1n1cnc2c(=O)[nH]c(N)nc21. The number of H-pyrrole nitrogens is 1. The second kappa shape index (κ2) is 16.7. The first-order valence-corrected chi connectivity index (χ1v) is 18.9. The van der Waals surface area contributed by atoms with Crippen LogP contribution in [0.5, 0.6) is 0 Å². The van der Waals surface area contributed by atoms with Gasteiger partial charge in [0.2, 0.25) is 5.95 Å². The number of aromatic nitrogens is 6. The molecule has 2 saturated heterocycles. The zero-order valence-corrected chi connectivity index (χ0v) is 29.8. The molecule has 2 aliphatic heterocycles. The van der Waals surface area contributed by atoms with Crippen molar-refractivity contribution >= 4 is 50.4 Å². The van der Waals surface area contributed by atoms with E-state index in [1.807, 2.05) is 0 Å². The van der Waals surface area contributed by atoms with Crippen molar-refractivity contribution in [2.45, 2.75) is 62.2 Å². The Kier molecular flexibility index (Phi) is 12.7. The molecule has 0 bridgehead atoms. The molecule has 0 spiro atoms. The van der Waals surface area contributed by atoms with Crippen molar-refractivity contribution in [1.82, 2.24) is 34.2 Å². The number of nitrogens with zero attached hydrogens (tertiary/aromatic N) is 5. The second-order valence-electron chi connectivity index (χ2n) is 12.0. The lowest BCUT2D eigenvalue weighted by atomic mass is 10.0. The minimum absolute atomic E-state index is 0.0712. The van der Waals surface area contributed by atoms with E-state index in [0.29, 0.717) is 0 Å². The number of nitrogen functional groups attached to an aromatic ring is 2. The third-order valence-corrected chi connectivity index (χ3v) is 10.3. The maximum absolute atomic E-state index is 14.5. The summed E-state index contributed by atoms with van der Waals surface area (Å²) in [6.07, 6.45) is -7.62. The number of phosphoric ester groups is 1. The molecule has 5 rings (SSSR count). The maximum Gasteiger partial charge on any atom is 0.469 e. The van der Waals surface area contributed by atoms with Gasteiger partial charge in [0, 0.05) is 26.3 Å². The average molecular weight is 810 g/mol. The standard InChI is InChI=1S/C26H37N9O17P2/c1-47-18-17(14(9-49-54(44,45)46)51-22(18)35-10-29-16-19(35)32-25(28)33-20(16)37)52-53(43,30-5-2-3-12(23(38)39)24(40)41)48-8-11-7-13(36)21(50-11)34-6-4-15(27)31-26(34)42/h4,6,10-14,17-18,21-22,36H,2-3,5,7-9H2,1H3,(H,30,43)(H,38,39)(H,40,41)(H2,27,31,42)(H2,44,45,46)(H3,28,32,33,37)/t11-,13+,14+,17+,18+,21+,22+,53-/m0/s1. The van der Waals surface area contributed by atoms with Gasteiger partial charge in [0.05, 0.1) is 25.6 Å². The lowest BCUT2D eigenvalue weighted by Crippen LogP contribution is -2.39. The van der Waals surface area contributed by atoms with Crippen LogP contribution in [0.4, 0.5) is 11.8 Å². The van der Waals surface area contributed by atoms with Gasteiger partial charge >= 0.3 is 33.2 Å². The highest BCUT2D eigenvalue weighted by Gasteiger charge is 2.51. The summed E-state index contributed by atoms with van der Waals surface area (Å²) in [6, 6.07) is 1.30. The summed E-state index contributed by atoms with van der Waals surface area (Å²) in [7, 11) is -8.65. The number of aliphatic carboxylic acids is 2. The third kappa shape index (κ3) is 9.55. The molecule has 0 amide bonds. The predicted molar refractivity (Wildman–Crippen MR) is 177 cm³/mol. The van der Waals surface area contributed by atoms with Crippen molar-refractivity contribution < 1.29 is 71.6 Å². The number of imidazole rings is 1. The predicted octanol–water partition coefficient (Wildman–Crippen LogP) is -2.12. The number of aromatic amines is 1. The summed E-state index contributed by atoms with van der Waals surface area (Å²) >= 11 is 0. The van der Waals surface area contributed by atoms with E-state index >= 15 is 0 Å². The van der Waals surface area contributed by atoms with E-state index in [-0.39, 0.29) is 42.3 Å². The van der Waals surface area contributed by atoms with Gasteiger partial charge in [-0.05, 0) is 18.9 Å². The number of carbonyl (C=O) groups is 2. The van der Waals surface area contributed by atoms with Gasteiger partial charge in [0.15, 0.2) is 29.5 Å². The zero-order valence-electron chi connectivity index (χ0n) is 28.0. The molecule has 28 heteroatoms.